The number of hydrogen-bond acceptors (Lipinski definition) is 3. The lowest BCUT2D eigenvalue weighted by molar-refractivity contribution is -0.347. The van der Waals surface area contributed by atoms with Crippen molar-refractivity contribution in [3.8, 4) is 0 Å². The van der Waals surface area contributed by atoms with Gasteiger partial charge in [-0.05, 0) is 12.2 Å². The fraction of sp³-hybridized carbons (Fsp3) is 0.429. The van der Waals surface area contributed by atoms with Crippen molar-refractivity contribution in [3.63, 3.8) is 0 Å². The molecule has 2 aliphatic rings. The van der Waals surface area contributed by atoms with Gasteiger partial charge in [0.05, 0.1) is 5.03 Å². The lowest BCUT2D eigenvalue weighted by atomic mass is 10.1. The normalized spacial score (nSPS) is 36.5. The fourth-order valence-corrected chi connectivity index (χ4v) is 1.42. The zero-order valence-corrected chi connectivity index (χ0v) is 7.09. The summed E-state index contributed by atoms with van der Waals surface area (Å²) >= 11 is 5.61. The summed E-state index contributed by atoms with van der Waals surface area (Å²) in [6, 6.07) is 0. The maximum atomic E-state index is 12.5. The molecule has 2 rings (SSSR count). The van der Waals surface area contributed by atoms with Crippen LogP contribution in [0, 0.1) is 0 Å². The number of allylic oxidation sites excluding steroid dienone is 1. The Hall–Kier alpha value is -0.650. The summed E-state index contributed by atoms with van der Waals surface area (Å²) in [6.45, 7) is 0. The molecule has 0 bridgehead atoms. The molecule has 0 aromatic heterocycles. The second-order valence-electron chi connectivity index (χ2n) is 2.76. The summed E-state index contributed by atoms with van der Waals surface area (Å²) in [4.78, 5) is 0. The number of nitrogens with two attached hydrogens (primary N) is 1. The van der Waals surface area contributed by atoms with Crippen molar-refractivity contribution in [2.75, 3.05) is 0 Å². The van der Waals surface area contributed by atoms with Crippen LogP contribution in [0.1, 0.15) is 0 Å². The lowest BCUT2D eigenvalue weighted by Crippen LogP contribution is -2.23. The highest BCUT2D eigenvalue weighted by Crippen LogP contribution is 2.36. The highest BCUT2D eigenvalue weighted by atomic mass is 35.5. The third-order valence-corrected chi connectivity index (χ3v) is 2.14. The van der Waals surface area contributed by atoms with Crippen LogP contribution >= 0.6 is 11.6 Å². The average Bonchev–Trinajstić information content (AvgIpc) is 2.24. The molecule has 1 fully saturated rings. The first kappa shape index (κ1) is 8.93. The summed E-state index contributed by atoms with van der Waals surface area (Å²) in [7, 11) is 0. The lowest BCUT2D eigenvalue weighted by Gasteiger charge is -2.15. The zero-order valence-electron chi connectivity index (χ0n) is 6.34. The van der Waals surface area contributed by atoms with Crippen LogP contribution in [0.3, 0.4) is 0 Å². The number of hydrogen-bond donors (Lipinski definition) is 1. The minimum atomic E-state index is -3.55. The van der Waals surface area contributed by atoms with E-state index in [1.807, 2.05) is 0 Å². The molecule has 3 nitrogen and oxygen atoms in total. The van der Waals surface area contributed by atoms with Crippen molar-refractivity contribution >= 4 is 11.6 Å². The molecule has 0 aromatic rings. The predicted octanol–water partition coefficient (Wildman–Crippen LogP) is 1.30. The van der Waals surface area contributed by atoms with Crippen molar-refractivity contribution in [1.29, 1.82) is 0 Å². The van der Waals surface area contributed by atoms with Crippen molar-refractivity contribution in [2.24, 2.45) is 5.73 Å². The molecule has 2 unspecified atom stereocenters. The maximum Gasteiger partial charge on any atom is 0.486 e. The number of alkyl halides is 2. The molecular formula is C7H6ClF2NO2. The summed E-state index contributed by atoms with van der Waals surface area (Å²) in [6.07, 6.45) is -2.63. The minimum Gasteiger partial charge on any atom is -0.398 e. The Labute approximate surface area is 77.7 Å². The standard InChI is InChI=1S/C7H6ClF2NO2/c8-3-1-5-6(2-4(3)11)13-7(9,10)12-5/h1-2,5-6H,11H2. The molecule has 6 heteroatoms. The van der Waals surface area contributed by atoms with Gasteiger partial charge in [0, 0.05) is 5.70 Å². The minimum absolute atomic E-state index is 0.211. The van der Waals surface area contributed by atoms with Gasteiger partial charge in [0.2, 0.25) is 0 Å². The van der Waals surface area contributed by atoms with Crippen LogP contribution in [0.4, 0.5) is 8.78 Å². The van der Waals surface area contributed by atoms with Gasteiger partial charge in [0.25, 0.3) is 0 Å². The summed E-state index contributed by atoms with van der Waals surface area (Å²) in [5.41, 5.74) is 5.63. The van der Waals surface area contributed by atoms with Crippen LogP contribution < -0.4 is 5.73 Å². The van der Waals surface area contributed by atoms with E-state index in [9.17, 15) is 8.78 Å². The smallest absolute Gasteiger partial charge is 0.398 e. The van der Waals surface area contributed by atoms with E-state index < -0.39 is 18.5 Å². The molecule has 2 N–H and O–H groups in total. The van der Waals surface area contributed by atoms with E-state index in [4.69, 9.17) is 17.3 Å². The van der Waals surface area contributed by atoms with E-state index in [0.717, 1.165) is 0 Å². The van der Waals surface area contributed by atoms with Crippen LogP contribution in [0.25, 0.3) is 0 Å². The van der Waals surface area contributed by atoms with Gasteiger partial charge >= 0.3 is 6.29 Å². The summed E-state index contributed by atoms with van der Waals surface area (Å²) < 4.78 is 33.5. The average molecular weight is 210 g/mol. The molecule has 1 aliphatic carbocycles. The van der Waals surface area contributed by atoms with E-state index in [2.05, 4.69) is 9.47 Å². The number of ether oxygens (including phenoxy) is 2. The van der Waals surface area contributed by atoms with E-state index in [1.54, 1.807) is 0 Å². The van der Waals surface area contributed by atoms with Crippen LogP contribution in [0.5, 0.6) is 0 Å². The molecular weight excluding hydrogens is 204 g/mol. The first-order valence-electron chi connectivity index (χ1n) is 3.56. The molecule has 0 aromatic carbocycles. The molecule has 1 aliphatic heterocycles. The van der Waals surface area contributed by atoms with Crippen molar-refractivity contribution in [3.05, 3.63) is 22.9 Å². The first-order chi connectivity index (χ1) is 5.98. The predicted molar refractivity (Wildman–Crippen MR) is 40.9 cm³/mol. The summed E-state index contributed by atoms with van der Waals surface area (Å²) in [5.74, 6) is 0. The topological polar surface area (TPSA) is 44.5 Å². The Morgan fingerprint density at radius 3 is 2.46 bits per heavy atom. The van der Waals surface area contributed by atoms with Gasteiger partial charge in [0.1, 0.15) is 12.2 Å². The monoisotopic (exact) mass is 209 g/mol. The summed E-state index contributed by atoms with van der Waals surface area (Å²) in [5, 5.41) is 0.211. The van der Waals surface area contributed by atoms with Crippen LogP contribution in [-0.2, 0) is 9.47 Å². The van der Waals surface area contributed by atoms with Gasteiger partial charge in [-0.1, -0.05) is 11.6 Å². The Bertz CT molecular complexity index is 275. The Morgan fingerprint density at radius 2 is 1.85 bits per heavy atom. The Kier molecular flexibility index (Phi) is 1.83. The Balaban J connectivity index is 2.25. The van der Waals surface area contributed by atoms with Gasteiger partial charge in [0.15, 0.2) is 0 Å². The third kappa shape index (κ3) is 1.54. The number of rotatable bonds is 0. The molecule has 0 saturated carbocycles. The van der Waals surface area contributed by atoms with E-state index in [0.29, 0.717) is 0 Å². The largest absolute Gasteiger partial charge is 0.486 e. The highest BCUT2D eigenvalue weighted by Gasteiger charge is 2.49. The SMILES string of the molecule is NC1=CC2OC(F)(F)OC2C=C1Cl. The maximum absolute atomic E-state index is 12.5. The van der Waals surface area contributed by atoms with Crippen molar-refractivity contribution < 1.29 is 18.3 Å². The molecule has 0 amide bonds. The molecule has 0 radical (unpaired) electrons. The van der Waals surface area contributed by atoms with Gasteiger partial charge in [-0.25, -0.2) is 0 Å². The van der Waals surface area contributed by atoms with Crippen LogP contribution in [-0.4, -0.2) is 18.5 Å². The number of halogens is 3. The molecule has 1 saturated heterocycles. The molecule has 13 heavy (non-hydrogen) atoms. The fourth-order valence-electron chi connectivity index (χ4n) is 1.23. The second kappa shape index (κ2) is 2.67. The van der Waals surface area contributed by atoms with Crippen molar-refractivity contribution in [1.82, 2.24) is 0 Å². The van der Waals surface area contributed by atoms with Gasteiger partial charge in [-0.2, -0.15) is 0 Å². The van der Waals surface area contributed by atoms with Gasteiger partial charge in [-0.15, -0.1) is 8.78 Å². The quantitative estimate of drug-likeness (QED) is 0.654. The van der Waals surface area contributed by atoms with E-state index in [-0.39, 0.29) is 10.7 Å². The second-order valence-corrected chi connectivity index (χ2v) is 3.17. The Morgan fingerprint density at radius 1 is 1.31 bits per heavy atom. The van der Waals surface area contributed by atoms with Gasteiger partial charge in [-0.3, -0.25) is 9.47 Å². The van der Waals surface area contributed by atoms with Gasteiger partial charge < -0.3 is 5.73 Å². The van der Waals surface area contributed by atoms with Crippen LogP contribution in [0.15, 0.2) is 22.9 Å². The zero-order chi connectivity index (χ0) is 9.64. The van der Waals surface area contributed by atoms with E-state index >= 15 is 0 Å². The first-order valence-corrected chi connectivity index (χ1v) is 3.94. The van der Waals surface area contributed by atoms with E-state index in [1.165, 1.54) is 12.2 Å². The third-order valence-electron chi connectivity index (χ3n) is 1.80. The van der Waals surface area contributed by atoms with Crippen LogP contribution in [0.2, 0.25) is 0 Å². The molecule has 72 valence electrons. The molecule has 1 heterocycles. The molecule has 0 spiro atoms. The molecule has 2 atom stereocenters. The van der Waals surface area contributed by atoms with Crippen molar-refractivity contribution in [2.45, 2.75) is 18.5 Å². The number of fused-ring (bicyclic) bond motifs is 1. The highest BCUT2D eigenvalue weighted by molar-refractivity contribution is 6.32.